The fourth-order valence-electron chi connectivity index (χ4n) is 1.74. The summed E-state index contributed by atoms with van der Waals surface area (Å²) >= 11 is 5.77. The van der Waals surface area contributed by atoms with Crippen molar-refractivity contribution in [1.29, 1.82) is 0 Å². The molecule has 18 heavy (non-hydrogen) atoms. The van der Waals surface area contributed by atoms with Gasteiger partial charge in [-0.15, -0.1) is 0 Å². The van der Waals surface area contributed by atoms with Gasteiger partial charge in [0.15, 0.2) is 0 Å². The Labute approximate surface area is 111 Å². The van der Waals surface area contributed by atoms with Crippen LogP contribution in [0.3, 0.4) is 0 Å². The van der Waals surface area contributed by atoms with Crippen LogP contribution in [-0.4, -0.2) is 25.3 Å². The number of benzene rings is 1. The molecule has 0 aliphatic carbocycles. The van der Waals surface area contributed by atoms with Crippen LogP contribution >= 0.6 is 11.6 Å². The van der Waals surface area contributed by atoms with Crippen molar-refractivity contribution < 1.29 is 14.3 Å². The summed E-state index contributed by atoms with van der Waals surface area (Å²) in [5, 5.41) is 0.674. The van der Waals surface area contributed by atoms with Crippen molar-refractivity contribution in [3.05, 3.63) is 40.9 Å². The van der Waals surface area contributed by atoms with E-state index < -0.39 is 0 Å². The van der Waals surface area contributed by atoms with Crippen molar-refractivity contribution >= 4 is 23.6 Å². The highest BCUT2D eigenvalue weighted by molar-refractivity contribution is 6.30. The van der Waals surface area contributed by atoms with Crippen LogP contribution in [0, 0.1) is 0 Å². The molecule has 0 radical (unpaired) electrons. The van der Waals surface area contributed by atoms with Crippen molar-refractivity contribution in [2.45, 2.75) is 18.9 Å². The number of rotatable bonds is 4. The number of ether oxygens (including phenoxy) is 2. The first-order valence-electron chi connectivity index (χ1n) is 5.96. The van der Waals surface area contributed by atoms with E-state index in [1.54, 1.807) is 18.2 Å². The van der Waals surface area contributed by atoms with Crippen LogP contribution in [0.1, 0.15) is 18.4 Å². The Bertz CT molecular complexity index is 419. The Balaban J connectivity index is 1.77. The third-order valence-electron chi connectivity index (χ3n) is 2.72. The Kier molecular flexibility index (Phi) is 4.79. The minimum atomic E-state index is -0.347. The smallest absolute Gasteiger partial charge is 0.330 e. The minimum Gasteiger partial charge on any atom is -0.460 e. The lowest BCUT2D eigenvalue weighted by Crippen LogP contribution is -2.16. The van der Waals surface area contributed by atoms with Gasteiger partial charge in [0, 0.05) is 17.7 Å². The van der Waals surface area contributed by atoms with Crippen LogP contribution < -0.4 is 0 Å². The number of halogens is 1. The van der Waals surface area contributed by atoms with Crippen LogP contribution in [-0.2, 0) is 14.3 Å². The SMILES string of the molecule is O=C(/C=C/c1ccc(Cl)cc1)OCC1CCCO1. The van der Waals surface area contributed by atoms with Gasteiger partial charge in [0.1, 0.15) is 6.61 Å². The number of hydrogen-bond acceptors (Lipinski definition) is 3. The fourth-order valence-corrected chi connectivity index (χ4v) is 1.86. The molecule has 0 spiro atoms. The molecule has 1 saturated heterocycles. The molecule has 0 amide bonds. The van der Waals surface area contributed by atoms with Gasteiger partial charge in [0.05, 0.1) is 6.10 Å². The van der Waals surface area contributed by atoms with Gasteiger partial charge in [-0.05, 0) is 36.6 Å². The highest BCUT2D eigenvalue weighted by Gasteiger charge is 2.16. The lowest BCUT2D eigenvalue weighted by Gasteiger charge is -2.08. The van der Waals surface area contributed by atoms with Gasteiger partial charge in [0.25, 0.3) is 0 Å². The van der Waals surface area contributed by atoms with E-state index in [0.717, 1.165) is 25.0 Å². The number of esters is 1. The van der Waals surface area contributed by atoms with E-state index in [2.05, 4.69) is 0 Å². The fraction of sp³-hybridized carbons (Fsp3) is 0.357. The average molecular weight is 267 g/mol. The average Bonchev–Trinajstić information content (AvgIpc) is 2.89. The van der Waals surface area contributed by atoms with Crippen LogP contribution in [0.15, 0.2) is 30.3 Å². The van der Waals surface area contributed by atoms with Gasteiger partial charge in [-0.25, -0.2) is 4.79 Å². The molecule has 1 aliphatic heterocycles. The lowest BCUT2D eigenvalue weighted by atomic mass is 10.2. The van der Waals surface area contributed by atoms with Gasteiger partial charge in [-0.3, -0.25) is 0 Å². The molecule has 1 atom stereocenters. The zero-order valence-electron chi connectivity index (χ0n) is 9.97. The summed E-state index contributed by atoms with van der Waals surface area (Å²) in [5.41, 5.74) is 0.911. The second-order valence-electron chi connectivity index (χ2n) is 4.15. The third-order valence-corrected chi connectivity index (χ3v) is 2.97. The maximum atomic E-state index is 11.4. The molecule has 1 heterocycles. The molecule has 0 N–H and O–H groups in total. The van der Waals surface area contributed by atoms with E-state index in [1.807, 2.05) is 12.1 Å². The molecule has 0 bridgehead atoms. The van der Waals surface area contributed by atoms with Crippen LogP contribution in [0.25, 0.3) is 6.08 Å². The first-order valence-corrected chi connectivity index (χ1v) is 6.34. The molecule has 1 aromatic rings. The molecule has 0 saturated carbocycles. The summed E-state index contributed by atoms with van der Waals surface area (Å²) in [4.78, 5) is 11.4. The molecule has 1 fully saturated rings. The van der Waals surface area contributed by atoms with Gasteiger partial charge < -0.3 is 9.47 Å². The standard InChI is InChI=1S/C14H15ClO3/c15-12-6-3-11(4-7-12)5-8-14(16)18-10-13-2-1-9-17-13/h3-8,13H,1-2,9-10H2/b8-5+. The summed E-state index contributed by atoms with van der Waals surface area (Å²) in [6, 6.07) is 7.23. The van der Waals surface area contributed by atoms with Crippen LogP contribution in [0.4, 0.5) is 0 Å². The highest BCUT2D eigenvalue weighted by atomic mass is 35.5. The van der Waals surface area contributed by atoms with E-state index in [4.69, 9.17) is 21.1 Å². The predicted molar refractivity (Wildman–Crippen MR) is 70.4 cm³/mol. The summed E-state index contributed by atoms with van der Waals surface area (Å²) in [5.74, 6) is -0.347. The quantitative estimate of drug-likeness (QED) is 0.621. The molecule has 2 rings (SSSR count). The summed E-state index contributed by atoms with van der Waals surface area (Å²) in [6.07, 6.45) is 5.20. The molecule has 1 aliphatic rings. The van der Waals surface area contributed by atoms with E-state index in [1.165, 1.54) is 6.08 Å². The number of hydrogen-bond donors (Lipinski definition) is 0. The Morgan fingerprint density at radius 2 is 2.22 bits per heavy atom. The zero-order chi connectivity index (χ0) is 12.8. The van der Waals surface area contributed by atoms with E-state index in [9.17, 15) is 4.79 Å². The molecule has 96 valence electrons. The third kappa shape index (κ3) is 4.17. The highest BCUT2D eigenvalue weighted by Crippen LogP contribution is 2.13. The number of carbonyl (C=O) groups excluding carboxylic acids is 1. The van der Waals surface area contributed by atoms with E-state index in [-0.39, 0.29) is 12.1 Å². The summed E-state index contributed by atoms with van der Waals surface area (Å²) < 4.78 is 10.5. The first kappa shape index (κ1) is 13.1. The molecule has 0 aromatic heterocycles. The van der Waals surface area contributed by atoms with Crippen molar-refractivity contribution in [3.8, 4) is 0 Å². The lowest BCUT2D eigenvalue weighted by molar-refractivity contribution is -0.140. The van der Waals surface area contributed by atoms with Gasteiger partial charge in [-0.2, -0.15) is 0 Å². The molecule has 3 nitrogen and oxygen atoms in total. The van der Waals surface area contributed by atoms with Crippen molar-refractivity contribution in [2.24, 2.45) is 0 Å². The van der Waals surface area contributed by atoms with Crippen molar-refractivity contribution in [2.75, 3.05) is 13.2 Å². The van der Waals surface area contributed by atoms with Crippen LogP contribution in [0.2, 0.25) is 5.02 Å². The van der Waals surface area contributed by atoms with Crippen molar-refractivity contribution in [1.82, 2.24) is 0 Å². The molecule has 1 unspecified atom stereocenters. The second kappa shape index (κ2) is 6.57. The van der Waals surface area contributed by atoms with Gasteiger partial charge >= 0.3 is 5.97 Å². The van der Waals surface area contributed by atoms with Gasteiger partial charge in [0.2, 0.25) is 0 Å². The molecular formula is C14H15ClO3. The molecule has 4 heteroatoms. The Morgan fingerprint density at radius 3 is 2.89 bits per heavy atom. The first-order chi connectivity index (χ1) is 8.74. The maximum Gasteiger partial charge on any atom is 0.330 e. The summed E-state index contributed by atoms with van der Waals surface area (Å²) in [6.45, 7) is 1.10. The van der Waals surface area contributed by atoms with Crippen molar-refractivity contribution in [3.63, 3.8) is 0 Å². The van der Waals surface area contributed by atoms with Crippen LogP contribution in [0.5, 0.6) is 0 Å². The molecular weight excluding hydrogens is 252 g/mol. The number of carbonyl (C=O) groups is 1. The predicted octanol–water partition coefficient (Wildman–Crippen LogP) is 3.08. The second-order valence-corrected chi connectivity index (χ2v) is 4.59. The van der Waals surface area contributed by atoms with Gasteiger partial charge in [-0.1, -0.05) is 23.7 Å². The largest absolute Gasteiger partial charge is 0.460 e. The zero-order valence-corrected chi connectivity index (χ0v) is 10.7. The maximum absolute atomic E-state index is 11.4. The molecule has 1 aromatic carbocycles. The minimum absolute atomic E-state index is 0.0675. The van der Waals surface area contributed by atoms with E-state index >= 15 is 0 Å². The summed E-state index contributed by atoms with van der Waals surface area (Å²) in [7, 11) is 0. The Hall–Kier alpha value is -1.32. The Morgan fingerprint density at radius 1 is 1.44 bits per heavy atom. The van der Waals surface area contributed by atoms with E-state index in [0.29, 0.717) is 11.6 Å². The normalized spacial score (nSPS) is 19.3. The monoisotopic (exact) mass is 266 g/mol. The topological polar surface area (TPSA) is 35.5 Å².